The minimum atomic E-state index is -0.310. The predicted octanol–water partition coefficient (Wildman–Crippen LogP) is 6.82. The van der Waals surface area contributed by atoms with Crippen molar-refractivity contribution < 1.29 is 14.6 Å². The van der Waals surface area contributed by atoms with E-state index in [2.05, 4.69) is 82.4 Å². The van der Waals surface area contributed by atoms with Crippen molar-refractivity contribution in [3.63, 3.8) is 0 Å². The van der Waals surface area contributed by atoms with Crippen LogP contribution in [0, 0.1) is 0 Å². The Balaban J connectivity index is 0.990. The lowest BCUT2D eigenvalue weighted by Gasteiger charge is -2.33. The number of benzene rings is 2. The third kappa shape index (κ3) is 7.86. The number of amides is 2. The summed E-state index contributed by atoms with van der Waals surface area (Å²) in [7, 11) is 2.14. The molecule has 3 aliphatic rings. The summed E-state index contributed by atoms with van der Waals surface area (Å²) < 4.78 is 10.5. The number of phenolic OH excluding ortho intramolecular Hbond substituents is 1. The maximum Gasteiger partial charge on any atom is 0.320 e. The van der Waals surface area contributed by atoms with Gasteiger partial charge in [0, 0.05) is 62.4 Å². The molecule has 13 heteroatoms. The third-order valence-electron chi connectivity index (χ3n) is 11.5. The fourth-order valence-corrected chi connectivity index (χ4v) is 8.13. The molecular formula is C42H54N10O3. The Bertz CT molecular complexity index is 2150. The van der Waals surface area contributed by atoms with Crippen LogP contribution in [0.3, 0.4) is 0 Å². The number of likely N-dealkylation sites (N-methyl/N-ethyl adjacent to an activating group) is 1. The number of nitrogens with one attached hydrogen (secondary N) is 2. The first kappa shape index (κ1) is 36.8. The van der Waals surface area contributed by atoms with Crippen molar-refractivity contribution in [1.29, 1.82) is 0 Å². The highest BCUT2D eigenvalue weighted by molar-refractivity contribution is 5.89. The van der Waals surface area contributed by atoms with E-state index in [1.54, 1.807) is 10.7 Å². The molecule has 2 fully saturated rings. The molecule has 5 aromatic rings. The molecule has 1 aliphatic carbocycles. The number of fused-ring (bicyclic) bond motifs is 2. The van der Waals surface area contributed by atoms with Crippen LogP contribution in [-0.2, 0) is 12.0 Å². The van der Waals surface area contributed by atoms with Gasteiger partial charge in [-0.2, -0.15) is 5.10 Å². The summed E-state index contributed by atoms with van der Waals surface area (Å²) in [6.45, 7) is 14.1. The topological polar surface area (TPSA) is 128 Å². The van der Waals surface area contributed by atoms with Gasteiger partial charge in [-0.25, -0.2) is 9.48 Å². The number of hydrogen-bond acceptors (Lipinski definition) is 9. The first-order chi connectivity index (χ1) is 26.5. The van der Waals surface area contributed by atoms with Gasteiger partial charge in [-0.15, -0.1) is 10.2 Å². The lowest BCUT2D eigenvalue weighted by Crippen LogP contribution is -2.43. The molecule has 2 aliphatic heterocycles. The number of aromatic nitrogens is 5. The molecule has 2 saturated heterocycles. The molecular weight excluding hydrogens is 693 g/mol. The maximum absolute atomic E-state index is 13.8. The number of pyridine rings is 1. The van der Waals surface area contributed by atoms with Crippen LogP contribution < -0.4 is 20.3 Å². The normalized spacial score (nSPS) is 21.0. The van der Waals surface area contributed by atoms with Gasteiger partial charge in [0.25, 0.3) is 0 Å². The van der Waals surface area contributed by atoms with E-state index in [-0.39, 0.29) is 29.3 Å². The zero-order chi connectivity index (χ0) is 38.3. The summed E-state index contributed by atoms with van der Waals surface area (Å²) >= 11 is 0. The molecule has 5 heterocycles. The highest BCUT2D eigenvalue weighted by atomic mass is 16.5. The van der Waals surface area contributed by atoms with Gasteiger partial charge in [-0.05, 0) is 87.5 Å². The summed E-state index contributed by atoms with van der Waals surface area (Å²) in [5, 5.41) is 31.1. The number of carbonyl (C=O) groups is 1. The Labute approximate surface area is 323 Å². The van der Waals surface area contributed by atoms with Crippen LogP contribution >= 0.6 is 0 Å². The Morgan fingerprint density at radius 3 is 2.51 bits per heavy atom. The number of carbonyl (C=O) groups excluding carboxylic acids is 1. The van der Waals surface area contributed by atoms with Gasteiger partial charge < -0.3 is 25.0 Å². The van der Waals surface area contributed by atoms with Crippen molar-refractivity contribution >= 4 is 23.4 Å². The predicted molar refractivity (Wildman–Crippen MR) is 214 cm³/mol. The molecule has 3 atom stereocenters. The number of hydrogen-bond donors (Lipinski definition) is 3. The molecule has 55 heavy (non-hydrogen) atoms. The van der Waals surface area contributed by atoms with Crippen molar-refractivity contribution in [3.05, 3.63) is 89.2 Å². The number of aromatic hydroxyl groups is 1. The van der Waals surface area contributed by atoms with E-state index < -0.39 is 0 Å². The molecule has 2 amide bonds. The van der Waals surface area contributed by atoms with E-state index in [0.29, 0.717) is 24.8 Å². The molecule has 290 valence electrons. The monoisotopic (exact) mass is 746 g/mol. The zero-order valence-corrected chi connectivity index (χ0v) is 32.7. The van der Waals surface area contributed by atoms with Crippen molar-refractivity contribution in [2.45, 2.75) is 89.9 Å². The third-order valence-corrected chi connectivity index (χ3v) is 11.5. The minimum absolute atomic E-state index is 0.172. The molecule has 3 N–H and O–H groups in total. The molecule has 3 unspecified atom stereocenters. The number of urea groups is 1. The van der Waals surface area contributed by atoms with Crippen molar-refractivity contribution in [2.24, 2.45) is 0 Å². The standard InChI is InChI=1S/C42H54N10O3/c1-28-10-8-9-19-50(28)41-46-45-38-18-14-31(27-51(38)41)55-36-17-15-34(32-11-6-7-12-33(32)36)43-40(54)44-39-25-37(42(2,3)4)47-52(39)30-13-16-35(53)29(24-30)26-49-22-20-48(5)21-23-49/h6-7,11-14,16,18,24-25,27-28,34,36,53H,8-10,15,17,19-23,26H2,1-5H3,(H2,43,44,54). The summed E-state index contributed by atoms with van der Waals surface area (Å²) in [6, 6.07) is 19.5. The van der Waals surface area contributed by atoms with Crippen molar-refractivity contribution in [1.82, 2.24) is 39.5 Å². The number of nitrogens with zero attached hydrogens (tertiary/aromatic N) is 8. The molecule has 0 saturated carbocycles. The molecule has 2 aromatic carbocycles. The second-order valence-corrected chi connectivity index (χ2v) is 16.6. The van der Waals surface area contributed by atoms with E-state index in [1.807, 2.05) is 53.1 Å². The van der Waals surface area contributed by atoms with Crippen LogP contribution in [0.1, 0.15) is 94.3 Å². The average Bonchev–Trinajstić information content (AvgIpc) is 3.79. The van der Waals surface area contributed by atoms with Gasteiger partial charge in [0.2, 0.25) is 5.95 Å². The number of rotatable bonds is 8. The number of piperidine rings is 1. The summed E-state index contributed by atoms with van der Waals surface area (Å²) in [6.07, 6.45) is 6.81. The minimum Gasteiger partial charge on any atom is -0.508 e. The fraction of sp³-hybridized carbons (Fsp3) is 0.476. The molecule has 0 spiro atoms. The Hall–Kier alpha value is -5.14. The van der Waals surface area contributed by atoms with Crippen LogP contribution in [-0.4, -0.2) is 91.1 Å². The number of anilines is 2. The Morgan fingerprint density at radius 1 is 0.927 bits per heavy atom. The number of phenols is 1. The van der Waals surface area contributed by atoms with Gasteiger partial charge in [-0.3, -0.25) is 14.6 Å². The average molecular weight is 747 g/mol. The summed E-state index contributed by atoms with van der Waals surface area (Å²) in [5.41, 5.74) is 5.11. The van der Waals surface area contributed by atoms with Crippen LogP contribution in [0.15, 0.2) is 66.9 Å². The second kappa shape index (κ2) is 15.2. The lowest BCUT2D eigenvalue weighted by atomic mass is 9.85. The van der Waals surface area contributed by atoms with Crippen LogP contribution in [0.25, 0.3) is 11.3 Å². The van der Waals surface area contributed by atoms with Crippen LogP contribution in [0.4, 0.5) is 16.6 Å². The highest BCUT2D eigenvalue weighted by Crippen LogP contribution is 2.39. The Kier molecular flexibility index (Phi) is 10.2. The molecule has 0 radical (unpaired) electrons. The molecule has 3 aromatic heterocycles. The lowest BCUT2D eigenvalue weighted by molar-refractivity contribution is 0.147. The van der Waals surface area contributed by atoms with E-state index in [1.165, 1.54) is 6.42 Å². The molecule has 13 nitrogen and oxygen atoms in total. The first-order valence-electron chi connectivity index (χ1n) is 19.8. The van der Waals surface area contributed by atoms with Gasteiger partial charge in [0.15, 0.2) is 5.65 Å². The quantitative estimate of drug-likeness (QED) is 0.157. The first-order valence-corrected chi connectivity index (χ1v) is 19.8. The van der Waals surface area contributed by atoms with Crippen LogP contribution in [0.5, 0.6) is 11.5 Å². The van der Waals surface area contributed by atoms with Gasteiger partial charge in [0.05, 0.1) is 23.6 Å². The number of piperazine rings is 1. The van der Waals surface area contributed by atoms with Crippen molar-refractivity contribution in [2.75, 3.05) is 50.0 Å². The fourth-order valence-electron chi connectivity index (χ4n) is 8.13. The second-order valence-electron chi connectivity index (χ2n) is 16.6. The molecule has 0 bridgehead atoms. The van der Waals surface area contributed by atoms with Gasteiger partial charge in [0.1, 0.15) is 23.4 Å². The van der Waals surface area contributed by atoms with E-state index in [0.717, 1.165) is 97.4 Å². The largest absolute Gasteiger partial charge is 0.508 e. The number of ether oxygens (including phenoxy) is 1. The Morgan fingerprint density at radius 2 is 1.73 bits per heavy atom. The summed E-state index contributed by atoms with van der Waals surface area (Å²) in [4.78, 5) is 20.9. The highest BCUT2D eigenvalue weighted by Gasteiger charge is 2.31. The molecule has 8 rings (SSSR count). The summed E-state index contributed by atoms with van der Waals surface area (Å²) in [5.74, 6) is 2.43. The zero-order valence-electron chi connectivity index (χ0n) is 32.7. The van der Waals surface area contributed by atoms with Gasteiger partial charge in [-0.1, -0.05) is 45.0 Å². The maximum atomic E-state index is 13.8. The van der Waals surface area contributed by atoms with Crippen molar-refractivity contribution in [3.8, 4) is 17.2 Å². The van der Waals surface area contributed by atoms with E-state index in [9.17, 15) is 9.90 Å². The van der Waals surface area contributed by atoms with Crippen LogP contribution in [0.2, 0.25) is 0 Å². The van der Waals surface area contributed by atoms with Gasteiger partial charge >= 0.3 is 6.03 Å². The van der Waals surface area contributed by atoms with E-state index >= 15 is 0 Å². The smallest absolute Gasteiger partial charge is 0.320 e. The SMILES string of the molecule is CC1CCCCN1c1nnc2ccc(OC3CCC(NC(=O)Nc4cc(C(C)(C)C)nn4-c4ccc(O)c(CN5CCN(C)CC5)c4)c4ccccc43)cn12. The van der Waals surface area contributed by atoms with E-state index in [4.69, 9.17) is 9.84 Å².